The molecule has 0 aromatic heterocycles. The smallest absolute Gasteiger partial charge is 0.227 e. The molecule has 4 nitrogen and oxygen atoms in total. The average Bonchev–Trinajstić information content (AvgIpc) is 3.07. The van der Waals surface area contributed by atoms with E-state index in [9.17, 15) is 4.79 Å². The first-order chi connectivity index (χ1) is 10.1. The molecule has 0 heterocycles. The third-order valence-corrected chi connectivity index (χ3v) is 5.12. The average molecular weight is 283 g/mol. The zero-order chi connectivity index (χ0) is 15.0. The van der Waals surface area contributed by atoms with E-state index in [1.54, 1.807) is 11.0 Å². The molecule has 0 radical (unpaired) electrons. The number of nitrogens with zero attached hydrogens (tertiary/aromatic N) is 2. The molecule has 4 heteroatoms. The van der Waals surface area contributed by atoms with Gasteiger partial charge in [-0.3, -0.25) is 4.79 Å². The third kappa shape index (κ3) is 2.54. The van der Waals surface area contributed by atoms with Gasteiger partial charge < -0.3 is 10.6 Å². The molecule has 1 amide bonds. The van der Waals surface area contributed by atoms with Crippen LogP contribution < -0.4 is 5.73 Å². The molecule has 4 unspecified atom stereocenters. The maximum atomic E-state index is 12.7. The van der Waals surface area contributed by atoms with Gasteiger partial charge in [0.1, 0.15) is 0 Å². The molecule has 2 N–H and O–H groups in total. The van der Waals surface area contributed by atoms with Gasteiger partial charge in [-0.15, -0.1) is 0 Å². The molecule has 2 fully saturated rings. The monoisotopic (exact) mass is 283 g/mol. The Morgan fingerprint density at radius 1 is 1.43 bits per heavy atom. The lowest BCUT2D eigenvalue weighted by Gasteiger charge is -2.30. The Morgan fingerprint density at radius 3 is 2.86 bits per heavy atom. The Kier molecular flexibility index (Phi) is 3.69. The van der Waals surface area contributed by atoms with E-state index in [1.165, 1.54) is 6.42 Å². The van der Waals surface area contributed by atoms with Gasteiger partial charge in [0.15, 0.2) is 0 Å². The van der Waals surface area contributed by atoms with E-state index < -0.39 is 0 Å². The van der Waals surface area contributed by atoms with Crippen LogP contribution in [0.3, 0.4) is 0 Å². The van der Waals surface area contributed by atoms with Gasteiger partial charge in [-0.25, -0.2) is 0 Å². The van der Waals surface area contributed by atoms with E-state index in [4.69, 9.17) is 11.0 Å². The Bertz CT molecular complexity index is 590. The van der Waals surface area contributed by atoms with E-state index >= 15 is 0 Å². The first-order valence-corrected chi connectivity index (χ1v) is 7.59. The molecule has 1 aromatic carbocycles. The van der Waals surface area contributed by atoms with Gasteiger partial charge in [0.25, 0.3) is 0 Å². The van der Waals surface area contributed by atoms with Crippen molar-refractivity contribution >= 4 is 5.91 Å². The minimum Gasteiger partial charge on any atom is -0.341 e. The second-order valence-corrected chi connectivity index (χ2v) is 6.44. The molecule has 0 aliphatic heterocycles. The molecule has 0 spiro atoms. The van der Waals surface area contributed by atoms with Crippen LogP contribution in [0.2, 0.25) is 0 Å². The number of hydrogen-bond acceptors (Lipinski definition) is 3. The summed E-state index contributed by atoms with van der Waals surface area (Å²) in [7, 11) is 1.83. The summed E-state index contributed by atoms with van der Waals surface area (Å²) in [6, 6.07) is 9.58. The molecule has 110 valence electrons. The lowest BCUT2D eigenvalue weighted by molar-refractivity contribution is -0.137. The molecule has 2 aliphatic carbocycles. The Morgan fingerprint density at radius 2 is 2.19 bits per heavy atom. The van der Waals surface area contributed by atoms with Crippen molar-refractivity contribution in [3.8, 4) is 6.07 Å². The molecular weight excluding hydrogens is 262 g/mol. The van der Waals surface area contributed by atoms with Gasteiger partial charge in [-0.1, -0.05) is 12.1 Å². The zero-order valence-electron chi connectivity index (χ0n) is 12.3. The van der Waals surface area contributed by atoms with Crippen molar-refractivity contribution in [3.63, 3.8) is 0 Å². The van der Waals surface area contributed by atoms with Crippen LogP contribution in [-0.2, 0) is 11.3 Å². The van der Waals surface area contributed by atoms with Gasteiger partial charge in [0.2, 0.25) is 5.91 Å². The molecule has 2 saturated carbocycles. The van der Waals surface area contributed by atoms with Crippen LogP contribution in [0.5, 0.6) is 0 Å². The fraction of sp³-hybridized carbons (Fsp3) is 0.529. The van der Waals surface area contributed by atoms with Crippen LogP contribution in [0.4, 0.5) is 0 Å². The van der Waals surface area contributed by atoms with Crippen LogP contribution in [0.25, 0.3) is 0 Å². The summed E-state index contributed by atoms with van der Waals surface area (Å²) in [5.74, 6) is 1.18. The Hall–Kier alpha value is -1.86. The molecule has 4 atom stereocenters. The lowest BCUT2D eigenvalue weighted by atomic mass is 9.84. The number of rotatable bonds is 3. The van der Waals surface area contributed by atoms with Crippen LogP contribution in [-0.4, -0.2) is 23.9 Å². The third-order valence-electron chi connectivity index (χ3n) is 5.12. The van der Waals surface area contributed by atoms with E-state index in [-0.39, 0.29) is 17.9 Å². The number of benzene rings is 1. The molecule has 21 heavy (non-hydrogen) atoms. The highest BCUT2D eigenvalue weighted by Crippen LogP contribution is 2.48. The second-order valence-electron chi connectivity index (χ2n) is 6.44. The van der Waals surface area contributed by atoms with Crippen molar-refractivity contribution in [2.45, 2.75) is 31.8 Å². The standard InChI is InChI=1S/C17H21N3O/c1-20(10-12-4-2-3-11(7-12)9-18)17(21)15-13-5-6-14(8-13)16(15)19/h2-4,7,13-16H,5-6,8,10,19H2,1H3. The Balaban J connectivity index is 1.69. The van der Waals surface area contributed by atoms with Crippen molar-refractivity contribution in [1.82, 2.24) is 4.90 Å². The maximum Gasteiger partial charge on any atom is 0.227 e. The SMILES string of the molecule is CN(Cc1cccc(C#N)c1)C(=O)C1C2CCC(C2)C1N. The number of fused-ring (bicyclic) bond motifs is 2. The van der Waals surface area contributed by atoms with Crippen LogP contribution >= 0.6 is 0 Å². The predicted molar refractivity (Wildman–Crippen MR) is 79.9 cm³/mol. The van der Waals surface area contributed by atoms with Crippen LogP contribution in [0.15, 0.2) is 24.3 Å². The van der Waals surface area contributed by atoms with E-state index in [0.717, 1.165) is 18.4 Å². The Labute approximate surface area is 125 Å². The first-order valence-electron chi connectivity index (χ1n) is 7.59. The van der Waals surface area contributed by atoms with Gasteiger partial charge in [0.05, 0.1) is 17.6 Å². The first kappa shape index (κ1) is 14.1. The summed E-state index contributed by atoms with van der Waals surface area (Å²) in [4.78, 5) is 14.5. The number of carbonyl (C=O) groups excluding carboxylic acids is 1. The number of amides is 1. The molecular formula is C17H21N3O. The summed E-state index contributed by atoms with van der Waals surface area (Å²) >= 11 is 0. The van der Waals surface area contributed by atoms with Gasteiger partial charge in [-0.2, -0.15) is 5.26 Å². The number of hydrogen-bond donors (Lipinski definition) is 1. The van der Waals surface area contributed by atoms with Crippen molar-refractivity contribution in [3.05, 3.63) is 35.4 Å². The van der Waals surface area contributed by atoms with Gasteiger partial charge in [0, 0.05) is 19.6 Å². The largest absolute Gasteiger partial charge is 0.341 e. The highest BCUT2D eigenvalue weighted by atomic mass is 16.2. The van der Waals surface area contributed by atoms with E-state index in [2.05, 4.69) is 6.07 Å². The highest BCUT2D eigenvalue weighted by Gasteiger charge is 2.49. The number of carbonyl (C=O) groups is 1. The lowest BCUT2D eigenvalue weighted by Crippen LogP contribution is -2.45. The topological polar surface area (TPSA) is 70.1 Å². The fourth-order valence-electron chi connectivity index (χ4n) is 4.05. The molecule has 3 rings (SSSR count). The summed E-state index contributed by atoms with van der Waals surface area (Å²) in [6.07, 6.45) is 3.45. The normalized spacial score (nSPS) is 30.1. The predicted octanol–water partition coefficient (Wildman–Crippen LogP) is 1.89. The molecule has 1 aromatic rings. The summed E-state index contributed by atoms with van der Waals surface area (Å²) in [5, 5.41) is 8.94. The number of nitrogens with two attached hydrogens (primary N) is 1. The van der Waals surface area contributed by atoms with Gasteiger partial charge in [-0.05, 0) is 48.8 Å². The zero-order valence-corrected chi connectivity index (χ0v) is 12.3. The van der Waals surface area contributed by atoms with E-state index in [0.29, 0.717) is 23.9 Å². The van der Waals surface area contributed by atoms with Gasteiger partial charge >= 0.3 is 0 Å². The molecule has 0 saturated heterocycles. The fourth-order valence-corrected chi connectivity index (χ4v) is 4.05. The maximum absolute atomic E-state index is 12.7. The van der Waals surface area contributed by atoms with Crippen molar-refractivity contribution < 1.29 is 4.79 Å². The second kappa shape index (κ2) is 5.50. The minimum atomic E-state index is -0.00657. The minimum absolute atomic E-state index is 0.00657. The quantitative estimate of drug-likeness (QED) is 0.921. The molecule has 2 aliphatic rings. The van der Waals surface area contributed by atoms with Crippen molar-refractivity contribution in [1.29, 1.82) is 5.26 Å². The molecule has 2 bridgehead atoms. The summed E-state index contributed by atoms with van der Waals surface area (Å²) in [6.45, 7) is 0.537. The van der Waals surface area contributed by atoms with E-state index in [1.807, 2.05) is 25.2 Å². The van der Waals surface area contributed by atoms with Crippen LogP contribution in [0, 0.1) is 29.1 Å². The summed E-state index contributed by atoms with van der Waals surface area (Å²) < 4.78 is 0. The van der Waals surface area contributed by atoms with Crippen LogP contribution in [0.1, 0.15) is 30.4 Å². The number of nitriles is 1. The summed E-state index contributed by atoms with van der Waals surface area (Å²) in [5.41, 5.74) is 7.87. The van der Waals surface area contributed by atoms with Crippen molar-refractivity contribution in [2.24, 2.45) is 23.5 Å². The van der Waals surface area contributed by atoms with Crippen molar-refractivity contribution in [2.75, 3.05) is 7.05 Å². The highest BCUT2D eigenvalue weighted by molar-refractivity contribution is 5.80.